The van der Waals surface area contributed by atoms with Gasteiger partial charge < -0.3 is 15.0 Å². The molecular formula is C19H27N3O6S. The molecule has 1 saturated heterocycles. The minimum Gasteiger partial charge on any atom is -0.452 e. The van der Waals surface area contributed by atoms with E-state index in [0.29, 0.717) is 18.7 Å². The van der Waals surface area contributed by atoms with Crippen LogP contribution in [0.15, 0.2) is 23.1 Å². The lowest BCUT2D eigenvalue weighted by atomic mass is 10.1. The number of nitrogens with zero attached hydrogens (tertiary/aromatic N) is 2. The smallest absolute Gasteiger partial charge is 0.338 e. The number of amides is 2. The van der Waals surface area contributed by atoms with E-state index in [9.17, 15) is 22.8 Å². The van der Waals surface area contributed by atoms with Gasteiger partial charge >= 0.3 is 5.97 Å². The van der Waals surface area contributed by atoms with E-state index in [0.717, 1.165) is 24.2 Å². The molecule has 0 atom stereocenters. The fraction of sp³-hybridized carbons (Fsp3) is 0.526. The number of hydrogen-bond donors (Lipinski definition) is 1. The number of piperidine rings is 1. The maximum absolute atomic E-state index is 12.8. The molecule has 1 heterocycles. The van der Waals surface area contributed by atoms with Gasteiger partial charge in [0.1, 0.15) is 0 Å². The van der Waals surface area contributed by atoms with E-state index in [2.05, 4.69) is 5.32 Å². The van der Waals surface area contributed by atoms with Gasteiger partial charge in [0.2, 0.25) is 15.9 Å². The monoisotopic (exact) mass is 425 g/mol. The number of esters is 1. The zero-order chi connectivity index (χ0) is 21.6. The summed E-state index contributed by atoms with van der Waals surface area (Å²) in [6.45, 7) is 1.88. The van der Waals surface area contributed by atoms with Gasteiger partial charge in [0, 0.05) is 27.2 Å². The van der Waals surface area contributed by atoms with Gasteiger partial charge in [-0.2, -0.15) is 4.31 Å². The van der Waals surface area contributed by atoms with Gasteiger partial charge in [-0.05, 0) is 37.5 Å². The third kappa shape index (κ3) is 5.77. The summed E-state index contributed by atoms with van der Waals surface area (Å²) in [6, 6.07) is 4.31. The van der Waals surface area contributed by atoms with Crippen LogP contribution < -0.4 is 5.32 Å². The highest BCUT2D eigenvalue weighted by Crippen LogP contribution is 2.23. The van der Waals surface area contributed by atoms with Crippen molar-refractivity contribution in [1.29, 1.82) is 0 Å². The van der Waals surface area contributed by atoms with Crippen LogP contribution >= 0.6 is 0 Å². The highest BCUT2D eigenvalue weighted by Gasteiger charge is 2.27. The maximum Gasteiger partial charge on any atom is 0.338 e. The van der Waals surface area contributed by atoms with Gasteiger partial charge in [-0.3, -0.25) is 9.59 Å². The number of likely N-dealkylation sites (N-methyl/N-ethyl adjacent to an activating group) is 2. The molecule has 1 aromatic rings. The molecule has 1 aliphatic rings. The first kappa shape index (κ1) is 22.8. The van der Waals surface area contributed by atoms with Crippen LogP contribution in [0.5, 0.6) is 0 Å². The molecule has 0 aromatic heterocycles. The Kier molecular flexibility index (Phi) is 7.74. The number of hydrogen-bond acceptors (Lipinski definition) is 6. The predicted molar refractivity (Wildman–Crippen MR) is 106 cm³/mol. The van der Waals surface area contributed by atoms with E-state index in [4.69, 9.17) is 4.74 Å². The average molecular weight is 426 g/mol. The predicted octanol–water partition coefficient (Wildman–Crippen LogP) is 0.531. The number of carbonyl (C=O) groups excluding carboxylic acids is 3. The number of benzene rings is 1. The minimum absolute atomic E-state index is 0.0278. The maximum atomic E-state index is 12.8. The molecule has 2 rings (SSSR count). The topological polar surface area (TPSA) is 113 Å². The molecule has 9 nitrogen and oxygen atoms in total. The Labute approximate surface area is 171 Å². The Morgan fingerprint density at radius 3 is 2.45 bits per heavy atom. The SMILES string of the molecule is CNC(=O)CN(C)C(=O)COC(=O)c1cc(S(=O)(=O)N2CCCCC2)ccc1C. The van der Waals surface area contributed by atoms with Gasteiger partial charge in [-0.25, -0.2) is 13.2 Å². The van der Waals surface area contributed by atoms with E-state index in [1.54, 1.807) is 13.0 Å². The summed E-state index contributed by atoms with van der Waals surface area (Å²) in [6.07, 6.45) is 2.62. The summed E-state index contributed by atoms with van der Waals surface area (Å²) in [5.74, 6) is -1.68. The van der Waals surface area contributed by atoms with E-state index in [1.165, 1.54) is 30.5 Å². The van der Waals surface area contributed by atoms with Crippen LogP contribution in [0.2, 0.25) is 0 Å². The van der Waals surface area contributed by atoms with Crippen molar-refractivity contribution in [3.8, 4) is 0 Å². The molecule has 1 N–H and O–H groups in total. The zero-order valence-corrected chi connectivity index (χ0v) is 17.8. The molecule has 0 spiro atoms. The van der Waals surface area contributed by atoms with Crippen LogP contribution in [0, 0.1) is 6.92 Å². The van der Waals surface area contributed by atoms with Crippen molar-refractivity contribution in [3.63, 3.8) is 0 Å². The standard InChI is InChI=1S/C19H27N3O6S/c1-14-7-8-15(29(26,27)22-9-5-4-6-10-22)11-16(14)19(25)28-13-18(24)21(3)12-17(23)20-2/h7-8,11H,4-6,9-10,12-13H2,1-3H3,(H,20,23). The second kappa shape index (κ2) is 9.84. The average Bonchev–Trinajstić information content (AvgIpc) is 2.72. The molecule has 0 aliphatic carbocycles. The Balaban J connectivity index is 2.10. The van der Waals surface area contributed by atoms with Gasteiger partial charge in [-0.1, -0.05) is 12.5 Å². The largest absolute Gasteiger partial charge is 0.452 e. The molecule has 1 aliphatic heterocycles. The molecule has 29 heavy (non-hydrogen) atoms. The van der Waals surface area contributed by atoms with Crippen molar-refractivity contribution in [2.24, 2.45) is 0 Å². The van der Waals surface area contributed by atoms with Gasteiger partial charge in [0.15, 0.2) is 6.61 Å². The van der Waals surface area contributed by atoms with E-state index in [1.807, 2.05) is 0 Å². The number of carbonyl (C=O) groups is 3. The van der Waals surface area contributed by atoms with Crippen LogP contribution in [0.3, 0.4) is 0 Å². The normalized spacial score (nSPS) is 14.9. The van der Waals surface area contributed by atoms with Crippen molar-refractivity contribution >= 4 is 27.8 Å². The van der Waals surface area contributed by atoms with Crippen molar-refractivity contribution in [3.05, 3.63) is 29.3 Å². The second-order valence-electron chi connectivity index (χ2n) is 6.94. The third-order valence-electron chi connectivity index (χ3n) is 4.79. The fourth-order valence-electron chi connectivity index (χ4n) is 2.93. The number of rotatable bonds is 7. The number of ether oxygens (including phenoxy) is 1. The van der Waals surface area contributed by atoms with Crippen molar-refractivity contribution in [2.75, 3.05) is 40.3 Å². The first-order chi connectivity index (χ1) is 13.7. The summed E-state index contributed by atoms with van der Waals surface area (Å²) in [7, 11) is -0.818. The third-order valence-corrected chi connectivity index (χ3v) is 6.69. The summed E-state index contributed by atoms with van der Waals surface area (Å²) >= 11 is 0. The lowest BCUT2D eigenvalue weighted by Crippen LogP contribution is -2.39. The quantitative estimate of drug-likeness (QED) is 0.638. The molecule has 0 bridgehead atoms. The van der Waals surface area contributed by atoms with Crippen LogP contribution in [0.1, 0.15) is 35.2 Å². The highest BCUT2D eigenvalue weighted by atomic mass is 32.2. The van der Waals surface area contributed by atoms with Gasteiger partial charge in [-0.15, -0.1) is 0 Å². The molecule has 0 saturated carbocycles. The first-order valence-electron chi connectivity index (χ1n) is 9.39. The minimum atomic E-state index is -3.69. The summed E-state index contributed by atoms with van der Waals surface area (Å²) < 4.78 is 32.1. The Hall–Kier alpha value is -2.46. The number of nitrogens with one attached hydrogen (secondary N) is 1. The molecule has 1 fully saturated rings. The second-order valence-corrected chi connectivity index (χ2v) is 8.88. The summed E-state index contributed by atoms with van der Waals surface area (Å²) in [5, 5.41) is 2.39. The van der Waals surface area contributed by atoms with E-state index >= 15 is 0 Å². The molecule has 160 valence electrons. The number of aryl methyl sites for hydroxylation is 1. The Bertz CT molecular complexity index is 878. The lowest BCUT2D eigenvalue weighted by molar-refractivity contribution is -0.137. The Morgan fingerprint density at radius 2 is 1.83 bits per heavy atom. The van der Waals surface area contributed by atoms with Crippen LogP contribution in [0.25, 0.3) is 0 Å². The van der Waals surface area contributed by atoms with Crippen molar-refractivity contribution in [2.45, 2.75) is 31.1 Å². The summed E-state index contributed by atoms with van der Waals surface area (Å²) in [5.41, 5.74) is 0.628. The van der Waals surface area contributed by atoms with Gasteiger partial charge in [0.25, 0.3) is 5.91 Å². The Morgan fingerprint density at radius 1 is 1.17 bits per heavy atom. The number of sulfonamides is 1. The van der Waals surface area contributed by atoms with Crippen LogP contribution in [0.4, 0.5) is 0 Å². The molecule has 1 aromatic carbocycles. The highest BCUT2D eigenvalue weighted by molar-refractivity contribution is 7.89. The van der Waals surface area contributed by atoms with Crippen LogP contribution in [-0.4, -0.2) is 75.7 Å². The van der Waals surface area contributed by atoms with Crippen LogP contribution in [-0.2, 0) is 24.3 Å². The zero-order valence-electron chi connectivity index (χ0n) is 16.9. The molecular weight excluding hydrogens is 398 g/mol. The molecule has 10 heteroatoms. The lowest BCUT2D eigenvalue weighted by Gasteiger charge is -2.26. The van der Waals surface area contributed by atoms with E-state index in [-0.39, 0.29) is 22.9 Å². The fourth-order valence-corrected chi connectivity index (χ4v) is 4.48. The van der Waals surface area contributed by atoms with Crippen molar-refractivity contribution < 1.29 is 27.5 Å². The van der Waals surface area contributed by atoms with Gasteiger partial charge in [0.05, 0.1) is 17.0 Å². The van der Waals surface area contributed by atoms with E-state index < -0.39 is 28.5 Å². The van der Waals surface area contributed by atoms with Crippen molar-refractivity contribution in [1.82, 2.24) is 14.5 Å². The molecule has 2 amide bonds. The molecule has 0 radical (unpaired) electrons. The molecule has 0 unspecified atom stereocenters. The first-order valence-corrected chi connectivity index (χ1v) is 10.8. The summed E-state index contributed by atoms with van der Waals surface area (Å²) in [4.78, 5) is 36.9.